The number of nitrogens with two attached hydrogens (primary N) is 1. The topological polar surface area (TPSA) is 51.0 Å². The van der Waals surface area contributed by atoms with E-state index < -0.39 is 0 Å². The average molecular weight is 291 g/mol. The normalized spacial score (nSPS) is 21.0. The predicted octanol–water partition coefficient (Wildman–Crippen LogP) is 1.44. The summed E-state index contributed by atoms with van der Waals surface area (Å²) in [6, 6.07) is 6.66. The lowest BCUT2D eigenvalue weighted by atomic mass is 10.1. The molecule has 0 bridgehead atoms. The molecule has 0 aromatic heterocycles. The molecule has 1 atom stereocenters. The third-order valence-corrected chi connectivity index (χ3v) is 4.42. The van der Waals surface area contributed by atoms with E-state index in [1.807, 2.05) is 18.2 Å². The molecule has 3 rings (SSSR count). The standard InChI is InChI=1S/C16H25N3O2/c1-12(2)19-7-5-18(6-8-19)10-14(17)13-3-4-15-16(9-13)21-11-20-15/h3-4,9,12,14H,5-8,10-11,17H2,1-2H3. The van der Waals surface area contributed by atoms with Crippen LogP contribution in [0.3, 0.4) is 0 Å². The lowest BCUT2D eigenvalue weighted by molar-refractivity contribution is 0.104. The van der Waals surface area contributed by atoms with Gasteiger partial charge in [-0.1, -0.05) is 6.07 Å². The first-order chi connectivity index (χ1) is 10.1. The van der Waals surface area contributed by atoms with Gasteiger partial charge in [0.1, 0.15) is 0 Å². The second-order valence-electron chi connectivity index (χ2n) is 6.15. The van der Waals surface area contributed by atoms with Gasteiger partial charge in [0.25, 0.3) is 0 Å². The highest BCUT2D eigenvalue weighted by molar-refractivity contribution is 5.45. The molecule has 0 saturated carbocycles. The number of benzene rings is 1. The Labute approximate surface area is 126 Å². The van der Waals surface area contributed by atoms with Crippen molar-refractivity contribution in [3.8, 4) is 11.5 Å². The number of hydrogen-bond donors (Lipinski definition) is 1. The zero-order valence-corrected chi connectivity index (χ0v) is 12.9. The van der Waals surface area contributed by atoms with Crippen LogP contribution in [0, 0.1) is 0 Å². The van der Waals surface area contributed by atoms with Crippen molar-refractivity contribution >= 4 is 0 Å². The van der Waals surface area contributed by atoms with Crippen molar-refractivity contribution in [2.24, 2.45) is 5.73 Å². The van der Waals surface area contributed by atoms with Gasteiger partial charge in [-0.15, -0.1) is 0 Å². The van der Waals surface area contributed by atoms with Gasteiger partial charge in [0.05, 0.1) is 0 Å². The van der Waals surface area contributed by atoms with Crippen molar-refractivity contribution in [1.82, 2.24) is 9.80 Å². The van der Waals surface area contributed by atoms with Gasteiger partial charge in [-0.05, 0) is 31.5 Å². The molecular weight excluding hydrogens is 266 g/mol. The fraction of sp³-hybridized carbons (Fsp3) is 0.625. The van der Waals surface area contributed by atoms with Crippen LogP contribution in [0.25, 0.3) is 0 Å². The second-order valence-corrected chi connectivity index (χ2v) is 6.15. The first-order valence-electron chi connectivity index (χ1n) is 7.75. The summed E-state index contributed by atoms with van der Waals surface area (Å²) in [5.74, 6) is 1.63. The largest absolute Gasteiger partial charge is 0.454 e. The number of nitrogens with zero attached hydrogens (tertiary/aromatic N) is 2. The summed E-state index contributed by atoms with van der Waals surface area (Å²) >= 11 is 0. The molecule has 21 heavy (non-hydrogen) atoms. The zero-order chi connectivity index (χ0) is 14.8. The minimum absolute atomic E-state index is 0.0186. The Balaban J connectivity index is 1.56. The summed E-state index contributed by atoms with van der Waals surface area (Å²) < 4.78 is 10.8. The SMILES string of the molecule is CC(C)N1CCN(CC(N)c2ccc3c(c2)OCO3)CC1. The molecule has 2 N–H and O–H groups in total. The molecule has 5 heteroatoms. The van der Waals surface area contributed by atoms with E-state index in [-0.39, 0.29) is 6.04 Å². The molecule has 0 aliphatic carbocycles. The molecular formula is C16H25N3O2. The highest BCUT2D eigenvalue weighted by Crippen LogP contribution is 2.33. The van der Waals surface area contributed by atoms with Crippen LogP contribution < -0.4 is 15.2 Å². The van der Waals surface area contributed by atoms with Crippen molar-refractivity contribution < 1.29 is 9.47 Å². The molecule has 116 valence electrons. The van der Waals surface area contributed by atoms with Crippen LogP contribution in [0.15, 0.2) is 18.2 Å². The molecule has 5 nitrogen and oxygen atoms in total. The Morgan fingerprint density at radius 2 is 1.81 bits per heavy atom. The van der Waals surface area contributed by atoms with E-state index in [1.165, 1.54) is 0 Å². The van der Waals surface area contributed by atoms with Gasteiger partial charge in [-0.25, -0.2) is 0 Å². The van der Waals surface area contributed by atoms with Crippen LogP contribution in [-0.4, -0.2) is 55.4 Å². The Hall–Kier alpha value is -1.30. The molecule has 0 spiro atoms. The maximum Gasteiger partial charge on any atom is 0.231 e. The second kappa shape index (κ2) is 6.22. The molecule has 1 aromatic carbocycles. The lowest BCUT2D eigenvalue weighted by Gasteiger charge is -2.37. The van der Waals surface area contributed by atoms with Crippen LogP contribution in [0.4, 0.5) is 0 Å². The summed E-state index contributed by atoms with van der Waals surface area (Å²) in [7, 11) is 0. The van der Waals surface area contributed by atoms with Gasteiger partial charge >= 0.3 is 0 Å². The molecule has 2 aliphatic rings. The minimum atomic E-state index is 0.0186. The third-order valence-electron chi connectivity index (χ3n) is 4.42. The summed E-state index contributed by atoms with van der Waals surface area (Å²) in [4.78, 5) is 4.97. The van der Waals surface area contributed by atoms with Crippen molar-refractivity contribution in [3.05, 3.63) is 23.8 Å². The Bertz CT molecular complexity index is 484. The van der Waals surface area contributed by atoms with Gasteiger partial charge < -0.3 is 15.2 Å². The molecule has 0 radical (unpaired) electrons. The van der Waals surface area contributed by atoms with Crippen molar-refractivity contribution in [3.63, 3.8) is 0 Å². The highest BCUT2D eigenvalue weighted by Gasteiger charge is 2.22. The molecule has 1 saturated heterocycles. The van der Waals surface area contributed by atoms with Crippen molar-refractivity contribution in [1.29, 1.82) is 0 Å². The summed E-state index contributed by atoms with van der Waals surface area (Å²) in [6.45, 7) is 10.2. The van der Waals surface area contributed by atoms with Crippen LogP contribution >= 0.6 is 0 Å². The molecule has 1 unspecified atom stereocenters. The van der Waals surface area contributed by atoms with E-state index in [1.54, 1.807) is 0 Å². The fourth-order valence-electron chi connectivity index (χ4n) is 2.99. The van der Waals surface area contributed by atoms with E-state index in [9.17, 15) is 0 Å². The Kier molecular flexibility index (Phi) is 4.33. The quantitative estimate of drug-likeness (QED) is 0.910. The first-order valence-corrected chi connectivity index (χ1v) is 7.75. The number of ether oxygens (including phenoxy) is 2. The zero-order valence-electron chi connectivity index (χ0n) is 12.9. The molecule has 2 aliphatic heterocycles. The van der Waals surface area contributed by atoms with Crippen LogP contribution in [0.5, 0.6) is 11.5 Å². The van der Waals surface area contributed by atoms with Crippen LogP contribution in [0.1, 0.15) is 25.5 Å². The monoisotopic (exact) mass is 291 g/mol. The lowest BCUT2D eigenvalue weighted by Crippen LogP contribution is -2.50. The smallest absolute Gasteiger partial charge is 0.231 e. The van der Waals surface area contributed by atoms with Crippen LogP contribution in [-0.2, 0) is 0 Å². The molecule has 0 amide bonds. The number of rotatable bonds is 4. The maximum absolute atomic E-state index is 6.36. The van der Waals surface area contributed by atoms with Crippen LogP contribution in [0.2, 0.25) is 0 Å². The van der Waals surface area contributed by atoms with E-state index in [4.69, 9.17) is 15.2 Å². The average Bonchev–Trinajstić information content (AvgIpc) is 2.95. The predicted molar refractivity (Wildman–Crippen MR) is 82.6 cm³/mol. The van der Waals surface area contributed by atoms with E-state index in [0.717, 1.165) is 49.8 Å². The van der Waals surface area contributed by atoms with E-state index in [0.29, 0.717) is 12.8 Å². The highest BCUT2D eigenvalue weighted by atomic mass is 16.7. The molecule has 1 fully saturated rings. The van der Waals surface area contributed by atoms with Gasteiger partial charge in [0.2, 0.25) is 6.79 Å². The summed E-state index contributed by atoms with van der Waals surface area (Å²) in [6.07, 6.45) is 0. The molecule has 1 aromatic rings. The Morgan fingerprint density at radius 1 is 1.10 bits per heavy atom. The fourth-order valence-corrected chi connectivity index (χ4v) is 2.99. The Morgan fingerprint density at radius 3 is 2.52 bits per heavy atom. The van der Waals surface area contributed by atoms with E-state index >= 15 is 0 Å². The van der Waals surface area contributed by atoms with E-state index in [2.05, 4.69) is 23.6 Å². The van der Waals surface area contributed by atoms with Crippen molar-refractivity contribution in [2.75, 3.05) is 39.5 Å². The van der Waals surface area contributed by atoms with Gasteiger partial charge in [0.15, 0.2) is 11.5 Å². The van der Waals surface area contributed by atoms with Gasteiger partial charge in [0, 0.05) is 44.8 Å². The van der Waals surface area contributed by atoms with Gasteiger partial charge in [-0.2, -0.15) is 0 Å². The first kappa shape index (κ1) is 14.6. The number of hydrogen-bond acceptors (Lipinski definition) is 5. The number of fused-ring (bicyclic) bond motifs is 1. The molecule has 2 heterocycles. The summed E-state index contributed by atoms with van der Waals surface area (Å²) in [5.41, 5.74) is 7.48. The summed E-state index contributed by atoms with van der Waals surface area (Å²) in [5, 5.41) is 0. The van der Waals surface area contributed by atoms with Gasteiger partial charge in [-0.3, -0.25) is 9.80 Å². The minimum Gasteiger partial charge on any atom is -0.454 e. The van der Waals surface area contributed by atoms with Crippen molar-refractivity contribution in [2.45, 2.75) is 25.9 Å². The number of piperazine rings is 1. The maximum atomic E-state index is 6.36. The third kappa shape index (κ3) is 3.31.